The number of rotatable bonds is 2. The minimum atomic E-state index is 0.00639. The molecule has 0 aliphatic carbocycles. The number of anilines is 1. The second kappa shape index (κ2) is 3.24. The van der Waals surface area contributed by atoms with Crippen LogP contribution in [0.4, 0.5) is 5.69 Å². The molecule has 1 aromatic rings. The fraction of sp³-hybridized carbons (Fsp3) is 0.500. The average molecular weight is 179 g/mol. The molecule has 0 aromatic carbocycles. The van der Waals surface area contributed by atoms with Gasteiger partial charge in [0.25, 0.3) is 0 Å². The van der Waals surface area contributed by atoms with E-state index < -0.39 is 0 Å². The zero-order valence-electron chi connectivity index (χ0n) is 7.75. The maximum atomic E-state index is 11.2. The summed E-state index contributed by atoms with van der Waals surface area (Å²) in [6.07, 6.45) is 4.01. The van der Waals surface area contributed by atoms with E-state index in [9.17, 15) is 4.79 Å². The molecule has 0 bridgehead atoms. The summed E-state index contributed by atoms with van der Waals surface area (Å²) in [7, 11) is 0. The Morgan fingerprint density at radius 2 is 2.15 bits per heavy atom. The van der Waals surface area contributed by atoms with Gasteiger partial charge in [-0.25, -0.2) is 0 Å². The van der Waals surface area contributed by atoms with Crippen molar-refractivity contribution in [1.82, 2.24) is 0 Å². The first-order chi connectivity index (χ1) is 6.29. The van der Waals surface area contributed by atoms with Gasteiger partial charge in [-0.2, -0.15) is 0 Å². The molecule has 0 spiro atoms. The lowest BCUT2D eigenvalue weighted by Gasteiger charge is -2.15. The minimum absolute atomic E-state index is 0.00639. The van der Waals surface area contributed by atoms with Gasteiger partial charge in [-0.3, -0.25) is 4.79 Å². The molecule has 1 saturated heterocycles. The van der Waals surface area contributed by atoms with Crippen LogP contribution in [0.15, 0.2) is 16.7 Å². The average Bonchev–Trinajstić information content (AvgIpc) is 2.74. The van der Waals surface area contributed by atoms with E-state index in [2.05, 4.69) is 4.90 Å². The van der Waals surface area contributed by atoms with Gasteiger partial charge in [0.15, 0.2) is 11.5 Å². The van der Waals surface area contributed by atoms with Gasteiger partial charge in [0.2, 0.25) is 0 Å². The van der Waals surface area contributed by atoms with Gasteiger partial charge in [0.05, 0.1) is 12.0 Å². The molecule has 0 radical (unpaired) electrons. The van der Waals surface area contributed by atoms with Crippen molar-refractivity contribution in [3.8, 4) is 0 Å². The monoisotopic (exact) mass is 179 g/mol. The third kappa shape index (κ3) is 1.46. The summed E-state index contributed by atoms with van der Waals surface area (Å²) >= 11 is 0. The summed E-state index contributed by atoms with van der Waals surface area (Å²) in [6.45, 7) is 3.62. The van der Waals surface area contributed by atoms with Crippen molar-refractivity contribution in [3.05, 3.63) is 18.1 Å². The first-order valence-electron chi connectivity index (χ1n) is 4.62. The van der Waals surface area contributed by atoms with Crippen LogP contribution in [-0.2, 0) is 0 Å². The number of carbonyl (C=O) groups excluding carboxylic acids is 1. The lowest BCUT2D eigenvalue weighted by Crippen LogP contribution is -2.18. The highest BCUT2D eigenvalue weighted by Gasteiger charge is 2.19. The number of Topliss-reactive ketones (excluding diaryl/α,β-unsaturated/α-hetero) is 1. The molecule has 13 heavy (non-hydrogen) atoms. The summed E-state index contributed by atoms with van der Waals surface area (Å²) in [5.41, 5.74) is 0.963. The molecule has 0 amide bonds. The molecule has 0 atom stereocenters. The summed E-state index contributed by atoms with van der Waals surface area (Å²) < 4.78 is 5.15. The maximum absolute atomic E-state index is 11.2. The highest BCUT2D eigenvalue weighted by atomic mass is 16.3. The lowest BCUT2D eigenvalue weighted by molar-refractivity contribution is 0.0988. The van der Waals surface area contributed by atoms with Gasteiger partial charge in [0, 0.05) is 26.1 Å². The Bertz CT molecular complexity index is 310. The number of hydrogen-bond acceptors (Lipinski definition) is 3. The smallest absolute Gasteiger partial charge is 0.197 e. The van der Waals surface area contributed by atoms with Gasteiger partial charge in [-0.1, -0.05) is 0 Å². The van der Waals surface area contributed by atoms with Crippen molar-refractivity contribution < 1.29 is 9.21 Å². The molecule has 1 aromatic heterocycles. The number of ketones is 1. The van der Waals surface area contributed by atoms with Gasteiger partial charge in [0.1, 0.15) is 0 Å². The summed E-state index contributed by atoms with van der Waals surface area (Å²) in [5.74, 6) is 0.508. The third-order valence-electron chi connectivity index (χ3n) is 2.41. The Kier molecular flexibility index (Phi) is 2.08. The van der Waals surface area contributed by atoms with Crippen molar-refractivity contribution in [2.45, 2.75) is 19.8 Å². The second-order valence-electron chi connectivity index (χ2n) is 3.39. The molecule has 1 aliphatic heterocycles. The van der Waals surface area contributed by atoms with Crippen LogP contribution < -0.4 is 4.90 Å². The maximum Gasteiger partial charge on any atom is 0.197 e. The van der Waals surface area contributed by atoms with Crippen LogP contribution in [0.2, 0.25) is 0 Å². The van der Waals surface area contributed by atoms with Crippen molar-refractivity contribution in [2.24, 2.45) is 0 Å². The molecule has 70 valence electrons. The number of hydrogen-bond donors (Lipinski definition) is 0. The molecule has 3 nitrogen and oxygen atoms in total. The van der Waals surface area contributed by atoms with Crippen LogP contribution in [0.25, 0.3) is 0 Å². The first kappa shape index (κ1) is 8.35. The van der Waals surface area contributed by atoms with Crippen LogP contribution >= 0.6 is 0 Å². The van der Waals surface area contributed by atoms with E-state index >= 15 is 0 Å². The second-order valence-corrected chi connectivity index (χ2v) is 3.39. The van der Waals surface area contributed by atoms with Crippen molar-refractivity contribution >= 4 is 11.5 Å². The van der Waals surface area contributed by atoms with Gasteiger partial charge < -0.3 is 9.32 Å². The molecule has 2 heterocycles. The standard InChI is InChI=1S/C10H13NO2/c1-8(12)10-9(4-7-13-10)11-5-2-3-6-11/h4,7H,2-3,5-6H2,1H3. The Hall–Kier alpha value is -1.25. The summed E-state index contributed by atoms with van der Waals surface area (Å²) in [6, 6.07) is 1.88. The number of carbonyl (C=O) groups is 1. The molecular weight excluding hydrogens is 166 g/mol. The highest BCUT2D eigenvalue weighted by Crippen LogP contribution is 2.25. The molecule has 1 aliphatic rings. The van der Waals surface area contributed by atoms with Crippen LogP contribution in [0, 0.1) is 0 Å². The van der Waals surface area contributed by atoms with E-state index in [4.69, 9.17) is 4.42 Å². The fourth-order valence-electron chi connectivity index (χ4n) is 1.77. The molecule has 2 rings (SSSR count). The van der Waals surface area contributed by atoms with Crippen LogP contribution in [0.1, 0.15) is 30.3 Å². The van der Waals surface area contributed by atoms with E-state index in [1.165, 1.54) is 12.8 Å². The third-order valence-corrected chi connectivity index (χ3v) is 2.41. The van der Waals surface area contributed by atoms with E-state index in [-0.39, 0.29) is 5.78 Å². The lowest BCUT2D eigenvalue weighted by atomic mass is 10.3. The minimum Gasteiger partial charge on any atom is -0.459 e. The van der Waals surface area contributed by atoms with Crippen molar-refractivity contribution in [3.63, 3.8) is 0 Å². The SMILES string of the molecule is CC(=O)c1occc1N1CCCC1. The van der Waals surface area contributed by atoms with Crippen LogP contribution in [-0.4, -0.2) is 18.9 Å². The number of nitrogens with zero attached hydrogens (tertiary/aromatic N) is 1. The predicted octanol–water partition coefficient (Wildman–Crippen LogP) is 2.08. The molecule has 1 fully saturated rings. The van der Waals surface area contributed by atoms with Gasteiger partial charge in [-0.05, 0) is 12.8 Å². The molecule has 0 N–H and O–H groups in total. The normalized spacial score (nSPS) is 16.5. The van der Waals surface area contributed by atoms with Crippen LogP contribution in [0.3, 0.4) is 0 Å². The Balaban J connectivity index is 2.28. The van der Waals surface area contributed by atoms with E-state index in [1.807, 2.05) is 6.07 Å². The van der Waals surface area contributed by atoms with Crippen molar-refractivity contribution in [1.29, 1.82) is 0 Å². The Morgan fingerprint density at radius 1 is 1.46 bits per heavy atom. The molecule has 0 saturated carbocycles. The molecule has 3 heteroatoms. The Labute approximate surface area is 77.3 Å². The van der Waals surface area contributed by atoms with E-state index in [1.54, 1.807) is 13.2 Å². The van der Waals surface area contributed by atoms with E-state index in [0.717, 1.165) is 18.8 Å². The molecule has 0 unspecified atom stereocenters. The quantitative estimate of drug-likeness (QED) is 0.652. The summed E-state index contributed by atoms with van der Waals surface area (Å²) in [4.78, 5) is 13.4. The van der Waals surface area contributed by atoms with Crippen LogP contribution in [0.5, 0.6) is 0 Å². The van der Waals surface area contributed by atoms with Gasteiger partial charge in [-0.15, -0.1) is 0 Å². The zero-order valence-corrected chi connectivity index (χ0v) is 7.75. The predicted molar refractivity (Wildman–Crippen MR) is 50.2 cm³/mol. The zero-order chi connectivity index (χ0) is 9.26. The number of furan rings is 1. The van der Waals surface area contributed by atoms with E-state index in [0.29, 0.717) is 5.76 Å². The largest absolute Gasteiger partial charge is 0.459 e. The van der Waals surface area contributed by atoms with Crippen molar-refractivity contribution in [2.75, 3.05) is 18.0 Å². The Morgan fingerprint density at radius 3 is 2.77 bits per heavy atom. The first-order valence-corrected chi connectivity index (χ1v) is 4.62. The van der Waals surface area contributed by atoms with Gasteiger partial charge >= 0.3 is 0 Å². The molecular formula is C10H13NO2. The highest BCUT2D eigenvalue weighted by molar-refractivity contribution is 5.96. The topological polar surface area (TPSA) is 33.5 Å². The fourth-order valence-corrected chi connectivity index (χ4v) is 1.77. The summed E-state index contributed by atoms with van der Waals surface area (Å²) in [5, 5.41) is 0.